The largest absolute Gasteiger partial charge is 0.756 e. The lowest BCUT2D eigenvalue weighted by molar-refractivity contribution is -0.870. The van der Waals surface area contributed by atoms with E-state index >= 15 is 0 Å². The number of quaternary nitrogens is 1. The van der Waals surface area contributed by atoms with Crippen LogP contribution in [0.4, 0.5) is 0 Å². The lowest BCUT2D eigenvalue weighted by Crippen LogP contribution is -2.45. The number of allylic oxidation sites excluding steroid dienone is 29. The van der Waals surface area contributed by atoms with Gasteiger partial charge in [-0.3, -0.25) is 9.36 Å². The standard InChI is InChI=1S/C64H101N2O6P/c1-6-8-10-12-14-16-18-20-21-22-23-24-25-26-27-28-29-30-31-32-33-34-35-36-37-38-39-40-41-42-43-44-45-46-48-50-52-54-56-58-64(68)65-62(61-72-73(69,70)71-60-59-66(3,4)5)63(67)57-55-53-51-49-47-19-17-15-13-11-9-7-2/h8,10,13-16,20-21,23-24,26-27,29-30,32-33,35-36,38-39,41-42,44-45,47-50,55,57,62-63,67H,6-7,9,11-12,17-19,22,25,28,31,34,37,40,43,46,51-54,56,58-61H2,1-5H3,(H-,65,68,69,70)/b10-8-,15-13+,16-14-,21-20-,24-23-,27-26-,30-29-,33-32-,36-35-,39-38-,42-41-,45-44-,49-47+,50-48-,57-55+. The topological polar surface area (TPSA) is 108 Å². The van der Waals surface area contributed by atoms with Crippen molar-refractivity contribution in [2.45, 2.75) is 174 Å². The highest BCUT2D eigenvalue weighted by molar-refractivity contribution is 7.45. The molecule has 3 unspecified atom stereocenters. The highest BCUT2D eigenvalue weighted by atomic mass is 31.2. The zero-order valence-electron chi connectivity index (χ0n) is 46.2. The maximum absolute atomic E-state index is 12.9. The van der Waals surface area contributed by atoms with Gasteiger partial charge < -0.3 is 28.8 Å². The Bertz CT molecular complexity index is 1830. The number of aliphatic hydroxyl groups is 1. The molecule has 0 aromatic rings. The van der Waals surface area contributed by atoms with Crippen LogP contribution in [0.1, 0.15) is 162 Å². The Morgan fingerprint density at radius 3 is 1.22 bits per heavy atom. The monoisotopic (exact) mass is 1020 g/mol. The predicted molar refractivity (Wildman–Crippen MR) is 315 cm³/mol. The molecule has 2 N–H and O–H groups in total. The molecule has 0 fully saturated rings. The van der Waals surface area contributed by atoms with Crippen molar-refractivity contribution in [1.29, 1.82) is 0 Å². The van der Waals surface area contributed by atoms with Crippen LogP contribution in [0.5, 0.6) is 0 Å². The van der Waals surface area contributed by atoms with E-state index in [1.807, 2.05) is 27.2 Å². The number of carbonyl (C=O) groups is 1. The maximum atomic E-state index is 12.9. The first kappa shape index (κ1) is 68.6. The molecule has 73 heavy (non-hydrogen) atoms. The molecule has 0 aliphatic carbocycles. The second kappa shape index (κ2) is 52.5. The Kier molecular flexibility index (Phi) is 49.3. The molecule has 8 nitrogen and oxygen atoms in total. The third-order valence-corrected chi connectivity index (χ3v) is 11.8. The Morgan fingerprint density at radius 1 is 0.493 bits per heavy atom. The fourth-order valence-electron chi connectivity index (χ4n) is 6.50. The molecule has 0 saturated carbocycles. The summed E-state index contributed by atoms with van der Waals surface area (Å²) in [4.78, 5) is 25.4. The van der Waals surface area contributed by atoms with E-state index in [-0.39, 0.29) is 18.9 Å². The number of unbranched alkanes of at least 4 members (excludes halogenated alkanes) is 6. The number of amides is 1. The van der Waals surface area contributed by atoms with Gasteiger partial charge in [-0.15, -0.1) is 0 Å². The van der Waals surface area contributed by atoms with Crippen molar-refractivity contribution in [3.63, 3.8) is 0 Å². The number of hydrogen-bond acceptors (Lipinski definition) is 6. The zero-order chi connectivity index (χ0) is 53.5. The minimum absolute atomic E-state index is 0.0285. The Morgan fingerprint density at radius 2 is 0.836 bits per heavy atom. The van der Waals surface area contributed by atoms with Crippen LogP contribution in [0.2, 0.25) is 0 Å². The summed E-state index contributed by atoms with van der Waals surface area (Å²) in [7, 11) is 1.17. The van der Waals surface area contributed by atoms with E-state index in [9.17, 15) is 19.4 Å². The summed E-state index contributed by atoms with van der Waals surface area (Å²) < 4.78 is 23.2. The summed E-state index contributed by atoms with van der Waals surface area (Å²) in [6.07, 6.45) is 85.5. The van der Waals surface area contributed by atoms with E-state index in [1.165, 1.54) is 12.8 Å². The van der Waals surface area contributed by atoms with Crippen LogP contribution in [-0.2, 0) is 18.4 Å². The van der Waals surface area contributed by atoms with Crippen LogP contribution < -0.4 is 10.2 Å². The smallest absolute Gasteiger partial charge is 0.268 e. The molecule has 9 heteroatoms. The minimum atomic E-state index is -4.63. The molecule has 0 bridgehead atoms. The van der Waals surface area contributed by atoms with Crippen LogP contribution >= 0.6 is 7.82 Å². The van der Waals surface area contributed by atoms with E-state index < -0.39 is 26.6 Å². The van der Waals surface area contributed by atoms with Gasteiger partial charge in [0.25, 0.3) is 7.82 Å². The normalized spacial score (nSPS) is 15.3. The quantitative estimate of drug-likeness (QED) is 0.0272. The molecule has 0 saturated heterocycles. The minimum Gasteiger partial charge on any atom is -0.756 e. The van der Waals surface area contributed by atoms with Crippen molar-refractivity contribution in [2.24, 2.45) is 0 Å². The number of phosphoric acid groups is 1. The summed E-state index contributed by atoms with van der Waals surface area (Å²) in [5, 5.41) is 13.7. The molecule has 0 radical (unpaired) electrons. The summed E-state index contributed by atoms with van der Waals surface area (Å²) >= 11 is 0. The van der Waals surface area contributed by atoms with Gasteiger partial charge in [0.1, 0.15) is 13.2 Å². The number of likely N-dealkylation sites (N-methyl/N-ethyl adjacent to an activating group) is 1. The van der Waals surface area contributed by atoms with Crippen molar-refractivity contribution in [2.75, 3.05) is 40.9 Å². The molecule has 0 spiro atoms. The highest BCUT2D eigenvalue weighted by Gasteiger charge is 2.23. The van der Waals surface area contributed by atoms with Gasteiger partial charge in [0.05, 0.1) is 39.9 Å². The third-order valence-electron chi connectivity index (χ3n) is 10.8. The van der Waals surface area contributed by atoms with Crippen LogP contribution in [-0.4, -0.2) is 68.5 Å². The van der Waals surface area contributed by atoms with Crippen LogP contribution in [0, 0.1) is 0 Å². The Balaban J connectivity index is 4.29. The lowest BCUT2D eigenvalue weighted by Gasteiger charge is -2.29. The van der Waals surface area contributed by atoms with Gasteiger partial charge in [0.15, 0.2) is 0 Å². The molecule has 0 heterocycles. The molecule has 0 aromatic heterocycles. The second-order valence-corrected chi connectivity index (χ2v) is 20.2. The first-order valence-corrected chi connectivity index (χ1v) is 29.1. The molecule has 1 amide bonds. The summed E-state index contributed by atoms with van der Waals surface area (Å²) in [5.74, 6) is -0.265. The molecular weight excluding hydrogens is 924 g/mol. The van der Waals surface area contributed by atoms with Crippen molar-refractivity contribution < 1.29 is 32.9 Å². The fraction of sp³-hybridized carbons (Fsp3) is 0.516. The maximum Gasteiger partial charge on any atom is 0.268 e. The summed E-state index contributed by atoms with van der Waals surface area (Å²) in [6, 6.07) is -0.946. The summed E-state index contributed by atoms with van der Waals surface area (Å²) in [5.41, 5.74) is 0. The molecule has 0 aromatic carbocycles. The molecule has 0 aliphatic heterocycles. The van der Waals surface area contributed by atoms with Crippen molar-refractivity contribution in [1.82, 2.24) is 5.32 Å². The van der Waals surface area contributed by atoms with Crippen LogP contribution in [0.15, 0.2) is 182 Å². The number of nitrogens with one attached hydrogen (secondary N) is 1. The lowest BCUT2D eigenvalue weighted by atomic mass is 10.1. The molecule has 3 atom stereocenters. The van der Waals surface area contributed by atoms with E-state index in [0.717, 1.165) is 116 Å². The predicted octanol–water partition coefficient (Wildman–Crippen LogP) is 16.4. The number of carbonyl (C=O) groups excluding carboxylic acids is 1. The first-order chi connectivity index (χ1) is 35.5. The SMILES string of the molecule is CC/C=C\C/C=C\C/C=C\C/C=C\C/C=C\C/C=C\C/C=C\C/C=C\C/C=C\C/C=C\C/C=C\C/C=C\CCCCC(=O)NC(COP(=O)([O-])OCC[N+](C)(C)C)C(O)/C=C/CC/C=C/CC/C=C/CCCC. The molecule has 0 rings (SSSR count). The summed E-state index contributed by atoms with van der Waals surface area (Å²) in [6.45, 7) is 4.37. The molecule has 408 valence electrons. The van der Waals surface area contributed by atoms with Gasteiger partial charge in [0.2, 0.25) is 5.91 Å². The second-order valence-electron chi connectivity index (χ2n) is 18.8. The van der Waals surface area contributed by atoms with Gasteiger partial charge in [-0.2, -0.15) is 0 Å². The number of rotatable bonds is 47. The van der Waals surface area contributed by atoms with Crippen molar-refractivity contribution >= 4 is 13.7 Å². The number of phosphoric ester groups is 1. The zero-order valence-corrected chi connectivity index (χ0v) is 47.1. The molecule has 0 aliphatic rings. The Labute approximate surface area is 446 Å². The highest BCUT2D eigenvalue weighted by Crippen LogP contribution is 2.38. The average Bonchev–Trinajstić information content (AvgIpc) is 3.35. The van der Waals surface area contributed by atoms with Gasteiger partial charge in [0, 0.05) is 6.42 Å². The van der Waals surface area contributed by atoms with Crippen molar-refractivity contribution in [3.05, 3.63) is 182 Å². The number of nitrogens with zero attached hydrogens (tertiary/aromatic N) is 1. The first-order valence-electron chi connectivity index (χ1n) is 27.6. The van der Waals surface area contributed by atoms with Crippen LogP contribution in [0.3, 0.4) is 0 Å². The van der Waals surface area contributed by atoms with Crippen LogP contribution in [0.25, 0.3) is 0 Å². The van der Waals surface area contributed by atoms with E-state index in [2.05, 4.69) is 189 Å². The fourth-order valence-corrected chi connectivity index (χ4v) is 7.22. The third kappa shape index (κ3) is 55.2. The van der Waals surface area contributed by atoms with Gasteiger partial charge in [-0.05, 0) is 128 Å². The Hall–Kier alpha value is -4.40. The van der Waals surface area contributed by atoms with Gasteiger partial charge in [-0.25, -0.2) is 0 Å². The van der Waals surface area contributed by atoms with Gasteiger partial charge in [-0.1, -0.05) is 209 Å². The average molecular weight is 1030 g/mol. The van der Waals surface area contributed by atoms with E-state index in [0.29, 0.717) is 23.9 Å². The molecular formula is C64H101N2O6P. The van der Waals surface area contributed by atoms with Gasteiger partial charge >= 0.3 is 0 Å². The number of aliphatic hydroxyl groups excluding tert-OH is 1. The van der Waals surface area contributed by atoms with Crippen molar-refractivity contribution in [3.8, 4) is 0 Å². The number of hydrogen-bond donors (Lipinski definition) is 2. The van der Waals surface area contributed by atoms with E-state index in [4.69, 9.17) is 9.05 Å². The van der Waals surface area contributed by atoms with E-state index in [1.54, 1.807) is 6.08 Å².